The zero-order valence-electron chi connectivity index (χ0n) is 9.21. The average Bonchev–Trinajstić information content (AvgIpc) is 2.32. The lowest BCUT2D eigenvalue weighted by Gasteiger charge is -2.05. The molecule has 16 heavy (non-hydrogen) atoms. The third kappa shape index (κ3) is 2.73. The molecule has 5 nitrogen and oxygen atoms in total. The molecule has 0 aromatic heterocycles. The monoisotopic (exact) mass is 222 g/mol. The predicted molar refractivity (Wildman–Crippen MR) is 60.8 cm³/mol. The number of hydrogen-bond acceptors (Lipinski definition) is 5. The number of benzene rings is 1. The van der Waals surface area contributed by atoms with E-state index in [0.29, 0.717) is 12.2 Å². The van der Waals surface area contributed by atoms with Gasteiger partial charge in [0.05, 0.1) is 6.61 Å². The average molecular weight is 222 g/mol. The molecule has 0 amide bonds. The Kier molecular flexibility index (Phi) is 4.32. The highest BCUT2D eigenvalue weighted by atomic mass is 16.5. The molecule has 0 saturated carbocycles. The maximum absolute atomic E-state index is 8.82. The highest BCUT2D eigenvalue weighted by Gasteiger charge is 2.08. The van der Waals surface area contributed by atoms with E-state index >= 15 is 0 Å². The van der Waals surface area contributed by atoms with Crippen LogP contribution >= 0.6 is 0 Å². The summed E-state index contributed by atoms with van der Waals surface area (Å²) in [6.07, 6.45) is 0. The Morgan fingerprint density at radius 1 is 1.19 bits per heavy atom. The van der Waals surface area contributed by atoms with Crippen LogP contribution in [0.1, 0.15) is 19.4 Å². The first-order valence-corrected chi connectivity index (χ1v) is 4.87. The van der Waals surface area contributed by atoms with Crippen LogP contribution in [0.4, 0.5) is 0 Å². The Labute approximate surface area is 93.7 Å². The van der Waals surface area contributed by atoms with Gasteiger partial charge in [-0.2, -0.15) is 0 Å². The van der Waals surface area contributed by atoms with Crippen molar-refractivity contribution in [3.05, 3.63) is 29.8 Å². The van der Waals surface area contributed by atoms with Gasteiger partial charge in [0, 0.05) is 5.56 Å². The molecule has 0 bridgehead atoms. The Bertz CT molecular complexity index is 396. The smallest absolute Gasteiger partial charge is 0.134 e. The molecule has 0 fully saturated rings. The lowest BCUT2D eigenvalue weighted by molar-refractivity contribution is 0.314. The molecule has 0 atom stereocenters. The summed E-state index contributed by atoms with van der Waals surface area (Å²) >= 11 is 0. The zero-order valence-corrected chi connectivity index (χ0v) is 9.21. The molecule has 0 unspecified atom stereocenters. The lowest BCUT2D eigenvalue weighted by atomic mass is 10.1. The van der Waals surface area contributed by atoms with Crippen LogP contribution in [0.2, 0.25) is 0 Å². The molecular weight excluding hydrogens is 208 g/mol. The fourth-order valence-corrected chi connectivity index (χ4v) is 1.26. The highest BCUT2D eigenvalue weighted by Crippen LogP contribution is 2.13. The van der Waals surface area contributed by atoms with Crippen molar-refractivity contribution in [2.24, 2.45) is 10.3 Å². The molecule has 0 aliphatic heterocycles. The second-order valence-electron chi connectivity index (χ2n) is 3.09. The second kappa shape index (κ2) is 5.75. The molecule has 2 N–H and O–H groups in total. The molecule has 5 heteroatoms. The third-order valence-electron chi connectivity index (χ3n) is 2.03. The van der Waals surface area contributed by atoms with Crippen LogP contribution in [0.5, 0.6) is 5.75 Å². The van der Waals surface area contributed by atoms with Crippen LogP contribution in [0.3, 0.4) is 0 Å². The summed E-state index contributed by atoms with van der Waals surface area (Å²) in [7, 11) is 0. The normalized spacial score (nSPS) is 12.6. The maximum Gasteiger partial charge on any atom is 0.134 e. The van der Waals surface area contributed by atoms with Crippen LogP contribution in [-0.2, 0) is 0 Å². The van der Waals surface area contributed by atoms with Gasteiger partial charge >= 0.3 is 0 Å². The minimum Gasteiger partial charge on any atom is -0.494 e. The Morgan fingerprint density at radius 3 is 2.25 bits per heavy atom. The fourth-order valence-electron chi connectivity index (χ4n) is 1.26. The van der Waals surface area contributed by atoms with E-state index in [1.165, 1.54) is 0 Å². The Balaban J connectivity index is 2.96. The van der Waals surface area contributed by atoms with Crippen LogP contribution in [0, 0.1) is 0 Å². The van der Waals surface area contributed by atoms with Gasteiger partial charge in [-0.25, -0.2) is 0 Å². The van der Waals surface area contributed by atoms with E-state index in [-0.39, 0.29) is 11.4 Å². The quantitative estimate of drug-likeness (QED) is 0.465. The van der Waals surface area contributed by atoms with Gasteiger partial charge in [-0.1, -0.05) is 10.3 Å². The topological polar surface area (TPSA) is 74.4 Å². The maximum atomic E-state index is 8.82. The first-order valence-electron chi connectivity index (χ1n) is 4.87. The molecule has 1 aromatic carbocycles. The van der Waals surface area contributed by atoms with Crippen molar-refractivity contribution >= 4 is 11.4 Å². The zero-order chi connectivity index (χ0) is 12.0. The van der Waals surface area contributed by atoms with Gasteiger partial charge in [0.15, 0.2) is 0 Å². The molecule has 86 valence electrons. The first kappa shape index (κ1) is 12.0. The SMILES string of the molecule is CCOc1ccc(C(=NO)C(C)=NO)cc1. The van der Waals surface area contributed by atoms with Crippen LogP contribution in [0.25, 0.3) is 0 Å². The van der Waals surface area contributed by atoms with Crippen molar-refractivity contribution in [1.29, 1.82) is 0 Å². The largest absolute Gasteiger partial charge is 0.494 e. The summed E-state index contributed by atoms with van der Waals surface area (Å²) in [5.74, 6) is 0.738. The van der Waals surface area contributed by atoms with Crippen molar-refractivity contribution in [1.82, 2.24) is 0 Å². The summed E-state index contributed by atoms with van der Waals surface area (Å²) in [5.41, 5.74) is 1.12. The van der Waals surface area contributed by atoms with Gasteiger partial charge in [-0.05, 0) is 38.1 Å². The summed E-state index contributed by atoms with van der Waals surface area (Å²) < 4.78 is 5.28. The number of oxime groups is 2. The van der Waals surface area contributed by atoms with E-state index in [1.807, 2.05) is 6.92 Å². The first-order chi connectivity index (χ1) is 7.72. The van der Waals surface area contributed by atoms with Crippen molar-refractivity contribution in [2.45, 2.75) is 13.8 Å². The minimum absolute atomic E-state index is 0.227. The number of hydrogen-bond donors (Lipinski definition) is 2. The van der Waals surface area contributed by atoms with Gasteiger partial charge < -0.3 is 15.2 Å². The van der Waals surface area contributed by atoms with Gasteiger partial charge in [-0.15, -0.1) is 0 Å². The molecule has 0 heterocycles. The van der Waals surface area contributed by atoms with Gasteiger partial charge in [-0.3, -0.25) is 0 Å². The molecule has 0 aliphatic carbocycles. The van der Waals surface area contributed by atoms with Gasteiger partial charge in [0.25, 0.3) is 0 Å². The molecule has 1 aromatic rings. The molecule has 0 aliphatic rings. The molecule has 0 spiro atoms. The van der Waals surface area contributed by atoms with Crippen LogP contribution in [-0.4, -0.2) is 28.4 Å². The Morgan fingerprint density at radius 2 is 1.81 bits per heavy atom. The van der Waals surface area contributed by atoms with E-state index in [2.05, 4.69) is 10.3 Å². The van der Waals surface area contributed by atoms with Gasteiger partial charge in [0.1, 0.15) is 17.2 Å². The summed E-state index contributed by atoms with van der Waals surface area (Å²) in [5, 5.41) is 23.5. The van der Waals surface area contributed by atoms with Crippen molar-refractivity contribution in [3.8, 4) is 5.75 Å². The van der Waals surface area contributed by atoms with Gasteiger partial charge in [0.2, 0.25) is 0 Å². The lowest BCUT2D eigenvalue weighted by Crippen LogP contribution is -2.12. The standard InChI is InChI=1S/C11H14N2O3/c1-3-16-10-6-4-9(5-7-10)11(13-15)8(2)12-14/h4-7,14-15H,3H2,1-2H3. The van der Waals surface area contributed by atoms with Crippen molar-refractivity contribution in [3.63, 3.8) is 0 Å². The Hall–Kier alpha value is -2.04. The fraction of sp³-hybridized carbons (Fsp3) is 0.273. The number of rotatable bonds is 4. The van der Waals surface area contributed by atoms with E-state index < -0.39 is 0 Å². The van der Waals surface area contributed by atoms with E-state index in [9.17, 15) is 0 Å². The molecular formula is C11H14N2O3. The van der Waals surface area contributed by atoms with Crippen molar-refractivity contribution in [2.75, 3.05) is 6.61 Å². The summed E-state index contributed by atoms with van der Waals surface area (Å²) in [6, 6.07) is 6.98. The number of ether oxygens (including phenoxy) is 1. The third-order valence-corrected chi connectivity index (χ3v) is 2.03. The summed E-state index contributed by atoms with van der Waals surface area (Å²) in [6.45, 7) is 4.04. The molecule has 1 rings (SSSR count). The van der Waals surface area contributed by atoms with Crippen molar-refractivity contribution < 1.29 is 15.2 Å². The van der Waals surface area contributed by atoms with E-state index in [4.69, 9.17) is 15.2 Å². The molecule has 0 saturated heterocycles. The summed E-state index contributed by atoms with van der Waals surface area (Å²) in [4.78, 5) is 0. The van der Waals surface area contributed by atoms with Crippen LogP contribution in [0.15, 0.2) is 34.6 Å². The van der Waals surface area contributed by atoms with E-state index in [0.717, 1.165) is 5.75 Å². The minimum atomic E-state index is 0.227. The molecule has 0 radical (unpaired) electrons. The highest BCUT2D eigenvalue weighted by molar-refractivity contribution is 6.47. The van der Waals surface area contributed by atoms with Crippen LogP contribution < -0.4 is 4.74 Å². The van der Waals surface area contributed by atoms with E-state index in [1.54, 1.807) is 31.2 Å². The number of nitrogens with zero attached hydrogens (tertiary/aromatic N) is 2. The second-order valence-corrected chi connectivity index (χ2v) is 3.09. The predicted octanol–water partition coefficient (Wildman–Crippen LogP) is 2.11.